The van der Waals surface area contributed by atoms with Crippen LogP contribution >= 0.6 is 0 Å². The minimum atomic E-state index is -1.06. The number of hydrogen-bond acceptors (Lipinski definition) is 3. The van der Waals surface area contributed by atoms with E-state index < -0.39 is 17.8 Å². The highest BCUT2D eigenvalue weighted by atomic mass is 16.4. The molecular weight excluding hydrogens is 224 g/mol. The number of piperazine rings is 1. The predicted octanol–water partition coefficient (Wildman–Crippen LogP) is -0.292. The molecule has 0 radical (unpaired) electrons. The van der Waals surface area contributed by atoms with E-state index in [-0.39, 0.29) is 6.54 Å². The molecule has 2 amide bonds. The van der Waals surface area contributed by atoms with Crippen LogP contribution < -0.4 is 0 Å². The monoisotopic (exact) mass is 240 g/mol. The lowest BCUT2D eigenvalue weighted by molar-refractivity contribution is -0.155. The molecule has 0 atom stereocenters. The molecule has 6 heteroatoms. The Balaban J connectivity index is 2.53. The molecule has 0 unspecified atom stereocenters. The second-order valence-electron chi connectivity index (χ2n) is 3.78. The van der Waals surface area contributed by atoms with Gasteiger partial charge in [0.2, 0.25) is 0 Å². The number of carbonyl (C=O) groups is 3. The highest BCUT2D eigenvalue weighted by molar-refractivity contribution is 6.35. The third-order valence-electron chi connectivity index (χ3n) is 2.48. The Morgan fingerprint density at radius 1 is 1.29 bits per heavy atom. The van der Waals surface area contributed by atoms with E-state index in [9.17, 15) is 14.4 Å². The molecule has 1 aliphatic rings. The fraction of sp³-hybridized carbons (Fsp3) is 0.545. The Morgan fingerprint density at radius 2 is 1.88 bits per heavy atom. The smallest absolute Gasteiger partial charge is 0.328 e. The second-order valence-corrected chi connectivity index (χ2v) is 3.78. The van der Waals surface area contributed by atoms with Crippen molar-refractivity contribution in [2.24, 2.45) is 0 Å². The fourth-order valence-corrected chi connectivity index (χ4v) is 1.65. The summed E-state index contributed by atoms with van der Waals surface area (Å²) in [5.74, 6) is -2.12. The molecule has 0 aromatic heterocycles. The van der Waals surface area contributed by atoms with Crippen molar-refractivity contribution in [1.29, 1.82) is 0 Å². The zero-order chi connectivity index (χ0) is 12.8. The first-order valence-corrected chi connectivity index (χ1v) is 5.54. The van der Waals surface area contributed by atoms with Gasteiger partial charge in [-0.1, -0.05) is 13.0 Å². The van der Waals surface area contributed by atoms with Gasteiger partial charge in [0.05, 0.1) is 0 Å². The molecule has 1 N–H and O–H groups in total. The summed E-state index contributed by atoms with van der Waals surface area (Å²) in [6, 6.07) is 0. The number of amides is 2. The van der Waals surface area contributed by atoms with E-state index in [0.717, 1.165) is 12.5 Å². The zero-order valence-electron chi connectivity index (χ0n) is 9.76. The van der Waals surface area contributed by atoms with Crippen LogP contribution in [-0.2, 0) is 14.4 Å². The van der Waals surface area contributed by atoms with Crippen LogP contribution in [0.1, 0.15) is 13.3 Å². The Labute approximate surface area is 99.5 Å². The van der Waals surface area contributed by atoms with E-state index in [1.54, 1.807) is 0 Å². The molecule has 0 aliphatic carbocycles. The molecule has 1 rings (SSSR count). The van der Waals surface area contributed by atoms with Gasteiger partial charge in [0.1, 0.15) is 0 Å². The number of rotatable bonds is 5. The topological polar surface area (TPSA) is 77.9 Å². The minimum Gasteiger partial charge on any atom is -0.478 e. The van der Waals surface area contributed by atoms with Crippen LogP contribution in [0.3, 0.4) is 0 Å². The Kier molecular flexibility index (Phi) is 4.68. The second kappa shape index (κ2) is 6.03. The van der Waals surface area contributed by atoms with Crippen LogP contribution in [0.15, 0.2) is 12.2 Å². The van der Waals surface area contributed by atoms with Gasteiger partial charge in [0.15, 0.2) is 0 Å². The van der Waals surface area contributed by atoms with Crippen molar-refractivity contribution in [3.05, 3.63) is 12.2 Å². The number of carboxylic acid groups (broad SMARTS) is 1. The highest BCUT2D eigenvalue weighted by Crippen LogP contribution is 2.05. The van der Waals surface area contributed by atoms with Crippen LogP contribution in [-0.4, -0.2) is 58.9 Å². The summed E-state index contributed by atoms with van der Waals surface area (Å²) in [6.45, 7) is 3.66. The van der Waals surface area contributed by atoms with Gasteiger partial charge in [0, 0.05) is 32.3 Å². The maximum Gasteiger partial charge on any atom is 0.328 e. The first-order chi connectivity index (χ1) is 8.06. The number of nitrogens with zero attached hydrogens (tertiary/aromatic N) is 2. The van der Waals surface area contributed by atoms with Crippen LogP contribution in [0.4, 0.5) is 0 Å². The molecule has 1 fully saturated rings. The van der Waals surface area contributed by atoms with Crippen molar-refractivity contribution in [2.75, 3.05) is 26.2 Å². The first-order valence-electron chi connectivity index (χ1n) is 5.54. The van der Waals surface area contributed by atoms with Gasteiger partial charge < -0.3 is 14.9 Å². The minimum absolute atomic E-state index is 0.164. The van der Waals surface area contributed by atoms with Gasteiger partial charge >= 0.3 is 17.8 Å². The summed E-state index contributed by atoms with van der Waals surface area (Å²) < 4.78 is 0. The van der Waals surface area contributed by atoms with E-state index in [1.807, 2.05) is 6.92 Å². The van der Waals surface area contributed by atoms with Crippen molar-refractivity contribution < 1.29 is 19.5 Å². The van der Waals surface area contributed by atoms with E-state index in [4.69, 9.17) is 5.11 Å². The summed E-state index contributed by atoms with van der Waals surface area (Å²) in [5.41, 5.74) is 0. The number of aliphatic carboxylic acids is 1. The molecule has 94 valence electrons. The lowest BCUT2D eigenvalue weighted by Gasteiger charge is -2.32. The molecule has 0 spiro atoms. The van der Waals surface area contributed by atoms with Gasteiger partial charge in [-0.15, -0.1) is 0 Å². The van der Waals surface area contributed by atoms with Gasteiger partial charge in [-0.25, -0.2) is 4.79 Å². The van der Waals surface area contributed by atoms with E-state index >= 15 is 0 Å². The van der Waals surface area contributed by atoms with Crippen LogP contribution in [0, 0.1) is 0 Å². The van der Waals surface area contributed by atoms with Crippen LogP contribution in [0.5, 0.6) is 0 Å². The number of hydrogen-bond donors (Lipinski definition) is 1. The first kappa shape index (κ1) is 13.2. The van der Waals surface area contributed by atoms with Crippen molar-refractivity contribution in [3.63, 3.8) is 0 Å². The van der Waals surface area contributed by atoms with Crippen molar-refractivity contribution in [2.45, 2.75) is 13.3 Å². The SMILES string of the molecule is CCCN1CCN(C/C=C/C(=O)O)C(=O)C1=O. The Hall–Kier alpha value is -1.85. The lowest BCUT2D eigenvalue weighted by atomic mass is 10.2. The Morgan fingerprint density at radius 3 is 2.47 bits per heavy atom. The third-order valence-corrected chi connectivity index (χ3v) is 2.48. The van der Waals surface area contributed by atoms with E-state index in [2.05, 4.69) is 0 Å². The van der Waals surface area contributed by atoms with Crippen molar-refractivity contribution in [1.82, 2.24) is 9.80 Å². The molecule has 1 aliphatic heterocycles. The number of carbonyl (C=O) groups excluding carboxylic acids is 2. The predicted molar refractivity (Wildman–Crippen MR) is 60.2 cm³/mol. The molecule has 1 heterocycles. The largest absolute Gasteiger partial charge is 0.478 e. The maximum atomic E-state index is 11.6. The van der Waals surface area contributed by atoms with E-state index in [0.29, 0.717) is 19.6 Å². The molecule has 17 heavy (non-hydrogen) atoms. The van der Waals surface area contributed by atoms with Gasteiger partial charge in [0.25, 0.3) is 0 Å². The lowest BCUT2D eigenvalue weighted by Crippen LogP contribution is -2.54. The molecule has 6 nitrogen and oxygen atoms in total. The zero-order valence-corrected chi connectivity index (χ0v) is 9.76. The normalized spacial score (nSPS) is 17.0. The molecule has 0 bridgehead atoms. The van der Waals surface area contributed by atoms with Gasteiger partial charge in [-0.3, -0.25) is 9.59 Å². The van der Waals surface area contributed by atoms with Crippen LogP contribution in [0.2, 0.25) is 0 Å². The maximum absolute atomic E-state index is 11.6. The van der Waals surface area contributed by atoms with Crippen molar-refractivity contribution >= 4 is 17.8 Å². The summed E-state index contributed by atoms with van der Waals surface area (Å²) in [4.78, 5) is 36.4. The average Bonchev–Trinajstić information content (AvgIpc) is 2.28. The standard InChI is InChI=1S/C11H16N2O4/c1-2-5-12-7-8-13(11(17)10(12)16)6-3-4-9(14)15/h3-4H,2,5-8H2,1H3,(H,14,15)/b4-3+. The van der Waals surface area contributed by atoms with Crippen molar-refractivity contribution in [3.8, 4) is 0 Å². The van der Waals surface area contributed by atoms with Gasteiger partial charge in [-0.2, -0.15) is 0 Å². The molecular formula is C11H16N2O4. The quantitative estimate of drug-likeness (QED) is 0.529. The summed E-state index contributed by atoms with van der Waals surface area (Å²) in [5, 5.41) is 8.41. The van der Waals surface area contributed by atoms with E-state index in [1.165, 1.54) is 15.9 Å². The fourth-order valence-electron chi connectivity index (χ4n) is 1.65. The third kappa shape index (κ3) is 3.58. The molecule has 1 saturated heterocycles. The Bertz CT molecular complexity index is 351. The molecule has 0 saturated carbocycles. The summed E-state index contributed by atoms with van der Waals surface area (Å²) in [7, 11) is 0. The number of carboxylic acids is 1. The highest BCUT2D eigenvalue weighted by Gasteiger charge is 2.30. The molecule has 0 aromatic carbocycles. The van der Waals surface area contributed by atoms with Gasteiger partial charge in [-0.05, 0) is 6.42 Å². The van der Waals surface area contributed by atoms with Crippen LogP contribution in [0.25, 0.3) is 0 Å². The summed E-state index contributed by atoms with van der Waals surface area (Å²) in [6.07, 6.45) is 3.15. The summed E-state index contributed by atoms with van der Waals surface area (Å²) >= 11 is 0. The average molecular weight is 240 g/mol. The molecule has 0 aromatic rings.